The second-order valence-electron chi connectivity index (χ2n) is 6.97. The Kier molecular flexibility index (Phi) is 8.71. The molecule has 0 saturated carbocycles. The summed E-state index contributed by atoms with van der Waals surface area (Å²) in [5.41, 5.74) is 1.85. The van der Waals surface area contributed by atoms with Crippen molar-refractivity contribution in [2.24, 2.45) is 0 Å². The molecule has 0 aliphatic carbocycles. The molecule has 146 valence electrons. The predicted molar refractivity (Wildman–Crippen MR) is 122 cm³/mol. The Morgan fingerprint density at radius 1 is 0.750 bits per heavy atom. The van der Waals surface area contributed by atoms with E-state index in [-0.39, 0.29) is 7.92 Å². The summed E-state index contributed by atoms with van der Waals surface area (Å²) in [4.78, 5) is 0. The highest BCUT2D eigenvalue weighted by Gasteiger charge is 2.20. The summed E-state index contributed by atoms with van der Waals surface area (Å²) in [6, 6.07) is 32.3. The van der Waals surface area contributed by atoms with E-state index in [0.29, 0.717) is 12.3 Å². The summed E-state index contributed by atoms with van der Waals surface area (Å²) < 4.78 is 5.75. The lowest BCUT2D eigenvalue weighted by Crippen LogP contribution is -2.26. The lowest BCUT2D eigenvalue weighted by atomic mass is 10.2. The molecule has 0 fully saturated rings. The lowest BCUT2D eigenvalue weighted by Gasteiger charge is -2.26. The topological polar surface area (TPSA) is 21.3 Å². The average molecular weight is 391 g/mol. The number of hydrogen-bond acceptors (Lipinski definition) is 2. The van der Waals surface area contributed by atoms with Crippen LogP contribution in [0.15, 0.2) is 91.0 Å². The largest absolute Gasteiger partial charge is 0.375 e. The first-order valence-electron chi connectivity index (χ1n) is 10.1. The Labute approximate surface area is 170 Å². The molecule has 0 aliphatic rings. The van der Waals surface area contributed by atoms with Gasteiger partial charge >= 0.3 is 0 Å². The molecular formula is C25H30NOP. The van der Waals surface area contributed by atoms with Gasteiger partial charge in [0.2, 0.25) is 0 Å². The molecule has 2 nitrogen and oxygen atoms in total. The van der Waals surface area contributed by atoms with Crippen molar-refractivity contribution in [3.8, 4) is 0 Å². The molecule has 3 aromatic rings. The maximum Gasteiger partial charge on any atom is 0.0717 e. The van der Waals surface area contributed by atoms with E-state index in [2.05, 4.69) is 97.2 Å². The van der Waals surface area contributed by atoms with Crippen LogP contribution in [-0.2, 0) is 11.3 Å². The van der Waals surface area contributed by atoms with E-state index in [1.54, 1.807) is 0 Å². The van der Waals surface area contributed by atoms with E-state index in [1.165, 1.54) is 16.2 Å². The van der Waals surface area contributed by atoms with Crippen LogP contribution in [0.3, 0.4) is 0 Å². The summed E-state index contributed by atoms with van der Waals surface area (Å²) in [5, 5.41) is 6.47. The first-order chi connectivity index (χ1) is 13.8. The number of rotatable bonds is 11. The molecule has 3 heteroatoms. The summed E-state index contributed by atoms with van der Waals surface area (Å²) in [7, 11) is -0.341. The molecule has 3 aromatic carbocycles. The molecular weight excluding hydrogens is 361 g/mol. The molecule has 3 rings (SSSR count). The fraction of sp³-hybridized carbons (Fsp3) is 0.280. The van der Waals surface area contributed by atoms with E-state index in [4.69, 9.17) is 4.74 Å². The van der Waals surface area contributed by atoms with Crippen molar-refractivity contribution in [1.29, 1.82) is 0 Å². The minimum atomic E-state index is -0.341. The van der Waals surface area contributed by atoms with Gasteiger partial charge in [-0.25, -0.2) is 0 Å². The van der Waals surface area contributed by atoms with Crippen LogP contribution in [0, 0.1) is 0 Å². The molecule has 0 unspecified atom stereocenters. The third-order valence-electron chi connectivity index (χ3n) is 4.78. The summed E-state index contributed by atoms with van der Waals surface area (Å²) in [6.07, 6.45) is 1.16. The third-order valence-corrected chi connectivity index (χ3v) is 7.63. The highest BCUT2D eigenvalue weighted by atomic mass is 31.1. The van der Waals surface area contributed by atoms with Crippen LogP contribution in [0.4, 0.5) is 0 Å². The standard InChI is InChI=1S/C25H30NOP/c1-22(17-18-26-19-20-27-21-23-11-5-2-6-12-23)28(24-13-7-3-8-14-24)25-15-9-4-10-16-25/h2-16,22,26H,17-21H2,1H3/t22-/m0/s1. The van der Waals surface area contributed by atoms with Crippen molar-refractivity contribution in [3.05, 3.63) is 96.6 Å². The van der Waals surface area contributed by atoms with Gasteiger partial charge in [0, 0.05) is 6.54 Å². The lowest BCUT2D eigenvalue weighted by molar-refractivity contribution is 0.123. The minimum absolute atomic E-state index is 0.341. The molecule has 0 heterocycles. The predicted octanol–water partition coefficient (Wildman–Crippen LogP) is 4.70. The SMILES string of the molecule is C[C@@H](CCNCCOCc1ccccc1)P(c1ccccc1)c1ccccc1. The van der Waals surface area contributed by atoms with E-state index in [0.717, 1.165) is 26.1 Å². The van der Waals surface area contributed by atoms with E-state index in [9.17, 15) is 0 Å². The fourth-order valence-corrected chi connectivity index (χ4v) is 6.00. The Bertz CT molecular complexity index is 740. The van der Waals surface area contributed by atoms with Gasteiger partial charge in [-0.15, -0.1) is 0 Å². The first kappa shape index (κ1) is 20.7. The van der Waals surface area contributed by atoms with Gasteiger partial charge in [-0.3, -0.25) is 0 Å². The van der Waals surface area contributed by atoms with Gasteiger partial charge in [0.1, 0.15) is 0 Å². The minimum Gasteiger partial charge on any atom is -0.375 e. The van der Waals surface area contributed by atoms with Gasteiger partial charge in [-0.2, -0.15) is 0 Å². The second kappa shape index (κ2) is 11.8. The summed E-state index contributed by atoms with van der Waals surface area (Å²) >= 11 is 0. The van der Waals surface area contributed by atoms with Gasteiger partial charge in [-0.1, -0.05) is 97.9 Å². The van der Waals surface area contributed by atoms with Crippen LogP contribution in [-0.4, -0.2) is 25.4 Å². The molecule has 0 saturated heterocycles. The Morgan fingerprint density at radius 2 is 1.29 bits per heavy atom. The molecule has 0 aliphatic heterocycles. The van der Waals surface area contributed by atoms with Crippen LogP contribution in [0.2, 0.25) is 0 Å². The first-order valence-corrected chi connectivity index (χ1v) is 11.5. The van der Waals surface area contributed by atoms with Crippen LogP contribution in [0.1, 0.15) is 18.9 Å². The van der Waals surface area contributed by atoms with E-state index >= 15 is 0 Å². The van der Waals surface area contributed by atoms with E-state index in [1.807, 2.05) is 6.07 Å². The maximum atomic E-state index is 5.75. The van der Waals surface area contributed by atoms with Crippen molar-refractivity contribution in [3.63, 3.8) is 0 Å². The smallest absolute Gasteiger partial charge is 0.0717 e. The maximum absolute atomic E-state index is 5.75. The normalized spacial score (nSPS) is 12.2. The highest BCUT2D eigenvalue weighted by Crippen LogP contribution is 2.40. The Morgan fingerprint density at radius 3 is 1.86 bits per heavy atom. The van der Waals surface area contributed by atoms with Gasteiger partial charge in [-0.05, 0) is 42.7 Å². The summed E-state index contributed by atoms with van der Waals surface area (Å²) in [6.45, 7) is 5.74. The fourth-order valence-electron chi connectivity index (χ4n) is 3.31. The molecule has 0 spiro atoms. The van der Waals surface area contributed by atoms with Gasteiger partial charge in [0.05, 0.1) is 13.2 Å². The van der Waals surface area contributed by atoms with Crippen LogP contribution in [0.5, 0.6) is 0 Å². The molecule has 0 aromatic heterocycles. The third kappa shape index (κ3) is 6.56. The number of ether oxygens (including phenoxy) is 1. The van der Waals surface area contributed by atoms with Crippen LogP contribution >= 0.6 is 7.92 Å². The molecule has 1 atom stereocenters. The van der Waals surface area contributed by atoms with Gasteiger partial charge in [0.15, 0.2) is 0 Å². The molecule has 0 amide bonds. The summed E-state index contributed by atoms with van der Waals surface area (Å²) in [5.74, 6) is 0. The average Bonchev–Trinajstić information content (AvgIpc) is 2.75. The number of nitrogens with one attached hydrogen (secondary N) is 1. The molecule has 0 bridgehead atoms. The molecule has 0 radical (unpaired) electrons. The number of benzene rings is 3. The zero-order valence-corrected chi connectivity index (χ0v) is 17.5. The van der Waals surface area contributed by atoms with Crippen molar-refractivity contribution < 1.29 is 4.74 Å². The van der Waals surface area contributed by atoms with Crippen LogP contribution < -0.4 is 15.9 Å². The van der Waals surface area contributed by atoms with Crippen molar-refractivity contribution in [2.75, 3.05) is 19.7 Å². The zero-order valence-electron chi connectivity index (χ0n) is 16.6. The van der Waals surface area contributed by atoms with E-state index < -0.39 is 0 Å². The Balaban J connectivity index is 1.43. The Hall–Kier alpha value is -1.99. The quantitative estimate of drug-likeness (QED) is 0.378. The van der Waals surface area contributed by atoms with Crippen molar-refractivity contribution in [1.82, 2.24) is 5.32 Å². The monoisotopic (exact) mass is 391 g/mol. The van der Waals surface area contributed by atoms with Gasteiger partial charge in [0.25, 0.3) is 0 Å². The number of hydrogen-bond donors (Lipinski definition) is 1. The van der Waals surface area contributed by atoms with Crippen molar-refractivity contribution in [2.45, 2.75) is 25.6 Å². The molecule has 1 N–H and O–H groups in total. The van der Waals surface area contributed by atoms with Crippen LogP contribution in [0.25, 0.3) is 0 Å². The zero-order chi connectivity index (χ0) is 19.4. The highest BCUT2D eigenvalue weighted by molar-refractivity contribution is 7.73. The van der Waals surface area contributed by atoms with Gasteiger partial charge < -0.3 is 10.1 Å². The second-order valence-corrected chi connectivity index (χ2v) is 9.62. The van der Waals surface area contributed by atoms with Crippen molar-refractivity contribution >= 4 is 18.5 Å². The molecule has 28 heavy (non-hydrogen) atoms.